The Hall–Kier alpha value is -1.85. The van der Waals surface area contributed by atoms with Crippen molar-refractivity contribution < 1.29 is 14.8 Å². The summed E-state index contributed by atoms with van der Waals surface area (Å²) in [4.78, 5) is 3.92. The molecule has 0 spiro atoms. The van der Waals surface area contributed by atoms with Gasteiger partial charge >= 0.3 is 7.12 Å². The molecule has 1 aromatic heterocycles. The Morgan fingerprint density at radius 1 is 1.12 bits per heavy atom. The van der Waals surface area contributed by atoms with E-state index in [4.69, 9.17) is 14.8 Å². The molecule has 0 bridgehead atoms. The highest BCUT2D eigenvalue weighted by molar-refractivity contribution is 6.58. The normalized spacial score (nSPS) is 10.0. The van der Waals surface area contributed by atoms with Gasteiger partial charge in [0, 0.05) is 12.4 Å². The maximum atomic E-state index is 9.03. The van der Waals surface area contributed by atoms with Crippen LogP contribution >= 0.6 is 0 Å². The van der Waals surface area contributed by atoms with E-state index in [1.807, 2.05) is 12.1 Å². The Balaban J connectivity index is 2.02. The number of pyridine rings is 1. The maximum absolute atomic E-state index is 9.03. The fourth-order valence-electron chi connectivity index (χ4n) is 1.41. The third-order valence-corrected chi connectivity index (χ3v) is 2.31. The molecule has 17 heavy (non-hydrogen) atoms. The molecule has 0 aliphatic rings. The fourth-order valence-corrected chi connectivity index (χ4v) is 1.41. The lowest BCUT2D eigenvalue weighted by atomic mass is 9.80. The number of ether oxygens (including phenoxy) is 1. The summed E-state index contributed by atoms with van der Waals surface area (Å²) in [6.45, 7) is 0.424. The first kappa shape index (κ1) is 11.6. The summed E-state index contributed by atoms with van der Waals surface area (Å²) in [5, 5.41) is 18.1. The third kappa shape index (κ3) is 3.30. The van der Waals surface area contributed by atoms with Crippen LogP contribution in [0.3, 0.4) is 0 Å². The molecule has 0 radical (unpaired) electrons. The van der Waals surface area contributed by atoms with Crippen LogP contribution in [-0.4, -0.2) is 22.2 Å². The molecule has 2 rings (SSSR count). The van der Waals surface area contributed by atoms with Gasteiger partial charge in [0.25, 0.3) is 0 Å². The van der Waals surface area contributed by atoms with Crippen LogP contribution in [-0.2, 0) is 6.61 Å². The predicted octanol–water partition coefficient (Wildman–Crippen LogP) is 0.340. The lowest BCUT2D eigenvalue weighted by Gasteiger charge is -2.07. The average Bonchev–Trinajstić information content (AvgIpc) is 2.38. The Morgan fingerprint density at radius 3 is 2.59 bits per heavy atom. The average molecular weight is 229 g/mol. The summed E-state index contributed by atoms with van der Waals surface area (Å²) < 4.78 is 5.53. The van der Waals surface area contributed by atoms with Crippen molar-refractivity contribution in [2.45, 2.75) is 6.61 Å². The van der Waals surface area contributed by atoms with Gasteiger partial charge in [-0.1, -0.05) is 12.1 Å². The quantitative estimate of drug-likeness (QED) is 0.742. The molecule has 1 aromatic carbocycles. The van der Waals surface area contributed by atoms with Crippen molar-refractivity contribution in [2.75, 3.05) is 0 Å². The summed E-state index contributed by atoms with van der Waals surface area (Å²) in [5.74, 6) is 0.604. The molecule has 0 aliphatic heterocycles. The maximum Gasteiger partial charge on any atom is 0.488 e. The second kappa shape index (κ2) is 5.47. The molecule has 0 amide bonds. The predicted molar refractivity (Wildman–Crippen MR) is 64.8 cm³/mol. The number of nitrogens with zero attached hydrogens (tertiary/aromatic N) is 1. The first-order valence-corrected chi connectivity index (χ1v) is 5.23. The van der Waals surface area contributed by atoms with Crippen LogP contribution < -0.4 is 10.2 Å². The van der Waals surface area contributed by atoms with Crippen molar-refractivity contribution >= 4 is 12.6 Å². The van der Waals surface area contributed by atoms with Crippen LogP contribution in [0.2, 0.25) is 0 Å². The van der Waals surface area contributed by atoms with Crippen molar-refractivity contribution in [2.24, 2.45) is 0 Å². The fraction of sp³-hybridized carbons (Fsp3) is 0.0833. The van der Waals surface area contributed by atoms with E-state index in [0.717, 1.165) is 5.56 Å². The second-order valence-electron chi connectivity index (χ2n) is 3.59. The molecule has 2 aromatic rings. The first-order chi connectivity index (χ1) is 8.25. The van der Waals surface area contributed by atoms with E-state index in [0.29, 0.717) is 17.8 Å². The molecule has 0 aliphatic carbocycles. The monoisotopic (exact) mass is 229 g/mol. The van der Waals surface area contributed by atoms with Gasteiger partial charge in [0.1, 0.15) is 12.4 Å². The van der Waals surface area contributed by atoms with Gasteiger partial charge in [-0.15, -0.1) is 0 Å². The summed E-state index contributed by atoms with van der Waals surface area (Å²) in [7, 11) is -1.47. The standard InChI is InChI=1S/C12H12BNO3/c15-13(16)11-2-1-3-12(8-11)17-9-10-4-6-14-7-5-10/h1-8,15-16H,9H2. The van der Waals surface area contributed by atoms with E-state index in [1.54, 1.807) is 36.7 Å². The topological polar surface area (TPSA) is 62.6 Å². The molecular formula is C12H12BNO3. The SMILES string of the molecule is OB(O)c1cccc(OCc2ccncc2)c1. The molecule has 0 saturated carbocycles. The van der Waals surface area contributed by atoms with Crippen molar-refractivity contribution in [3.63, 3.8) is 0 Å². The lowest BCUT2D eigenvalue weighted by molar-refractivity contribution is 0.306. The Labute approximate surface area is 99.7 Å². The minimum Gasteiger partial charge on any atom is -0.489 e. The van der Waals surface area contributed by atoms with Crippen LogP contribution in [0.25, 0.3) is 0 Å². The van der Waals surface area contributed by atoms with Crippen LogP contribution in [0.1, 0.15) is 5.56 Å². The van der Waals surface area contributed by atoms with Crippen molar-refractivity contribution in [3.05, 3.63) is 54.4 Å². The minimum absolute atomic E-state index is 0.414. The largest absolute Gasteiger partial charge is 0.489 e. The number of hydrogen-bond donors (Lipinski definition) is 2. The number of aromatic nitrogens is 1. The molecule has 0 saturated heterocycles. The third-order valence-electron chi connectivity index (χ3n) is 2.31. The molecule has 2 N–H and O–H groups in total. The highest BCUT2D eigenvalue weighted by Gasteiger charge is 2.10. The number of hydrogen-bond acceptors (Lipinski definition) is 4. The molecule has 0 unspecified atom stereocenters. The molecule has 0 fully saturated rings. The van der Waals surface area contributed by atoms with E-state index >= 15 is 0 Å². The molecule has 86 valence electrons. The Bertz CT molecular complexity index is 476. The van der Waals surface area contributed by atoms with Crippen LogP contribution in [0.15, 0.2) is 48.8 Å². The minimum atomic E-state index is -1.47. The second-order valence-corrected chi connectivity index (χ2v) is 3.59. The van der Waals surface area contributed by atoms with Crippen LogP contribution in [0, 0.1) is 0 Å². The summed E-state index contributed by atoms with van der Waals surface area (Å²) in [5.41, 5.74) is 1.42. The van der Waals surface area contributed by atoms with Gasteiger partial charge in [-0.05, 0) is 35.3 Å². The van der Waals surface area contributed by atoms with Gasteiger partial charge in [-0.2, -0.15) is 0 Å². The number of benzene rings is 1. The lowest BCUT2D eigenvalue weighted by Crippen LogP contribution is -2.29. The first-order valence-electron chi connectivity index (χ1n) is 5.23. The summed E-state index contributed by atoms with van der Waals surface area (Å²) in [6.07, 6.45) is 3.40. The van der Waals surface area contributed by atoms with Gasteiger partial charge < -0.3 is 14.8 Å². The Kier molecular flexibility index (Phi) is 3.75. The molecule has 1 heterocycles. The van der Waals surface area contributed by atoms with Gasteiger partial charge in [0.05, 0.1) is 0 Å². The highest BCUT2D eigenvalue weighted by Crippen LogP contribution is 2.10. The summed E-state index contributed by atoms with van der Waals surface area (Å²) in [6, 6.07) is 10.5. The molecule has 4 nitrogen and oxygen atoms in total. The highest BCUT2D eigenvalue weighted by atomic mass is 16.5. The molecule has 5 heteroatoms. The van der Waals surface area contributed by atoms with E-state index in [1.165, 1.54) is 0 Å². The van der Waals surface area contributed by atoms with Crippen LogP contribution in [0.4, 0.5) is 0 Å². The van der Waals surface area contributed by atoms with Crippen molar-refractivity contribution in [1.82, 2.24) is 4.98 Å². The Morgan fingerprint density at radius 2 is 1.88 bits per heavy atom. The van der Waals surface area contributed by atoms with E-state index in [2.05, 4.69) is 4.98 Å². The number of rotatable bonds is 4. The van der Waals surface area contributed by atoms with Gasteiger partial charge in [0.2, 0.25) is 0 Å². The van der Waals surface area contributed by atoms with Gasteiger partial charge in [-0.25, -0.2) is 0 Å². The zero-order chi connectivity index (χ0) is 12.1. The zero-order valence-electron chi connectivity index (χ0n) is 9.15. The van der Waals surface area contributed by atoms with Crippen molar-refractivity contribution in [3.8, 4) is 5.75 Å². The molecule has 0 atom stereocenters. The van der Waals surface area contributed by atoms with E-state index in [-0.39, 0.29) is 0 Å². The smallest absolute Gasteiger partial charge is 0.488 e. The van der Waals surface area contributed by atoms with Gasteiger partial charge in [-0.3, -0.25) is 4.98 Å². The molecular weight excluding hydrogens is 217 g/mol. The van der Waals surface area contributed by atoms with Gasteiger partial charge in [0.15, 0.2) is 0 Å². The van der Waals surface area contributed by atoms with Crippen LogP contribution in [0.5, 0.6) is 5.75 Å². The summed E-state index contributed by atoms with van der Waals surface area (Å²) >= 11 is 0. The zero-order valence-corrected chi connectivity index (χ0v) is 9.15. The van der Waals surface area contributed by atoms with E-state index in [9.17, 15) is 0 Å². The van der Waals surface area contributed by atoms with Crippen molar-refractivity contribution in [1.29, 1.82) is 0 Å². The van der Waals surface area contributed by atoms with E-state index < -0.39 is 7.12 Å².